The zero-order valence-corrected chi connectivity index (χ0v) is 25.6. The molecule has 0 radical (unpaired) electrons. The average Bonchev–Trinajstić information content (AvgIpc) is 3.68. The number of carbonyl (C=O) groups excluding carboxylic acids is 2. The van der Waals surface area contributed by atoms with E-state index in [1.54, 1.807) is 17.5 Å². The molecule has 1 aromatic carbocycles. The quantitative estimate of drug-likeness (QED) is 0.191. The third-order valence-electron chi connectivity index (χ3n) is 6.74. The molecule has 218 valence electrons. The van der Waals surface area contributed by atoms with Gasteiger partial charge in [-0.15, -0.1) is 11.3 Å². The molecule has 7 nitrogen and oxygen atoms in total. The Bertz CT molecular complexity index is 1440. The summed E-state index contributed by atoms with van der Waals surface area (Å²) in [7, 11) is 3.85. The largest absolute Gasteiger partial charge is 0.359 e. The number of imide groups is 1. The predicted octanol–water partition coefficient (Wildman–Crippen LogP) is 6.49. The van der Waals surface area contributed by atoms with Crippen LogP contribution in [-0.2, 0) is 42.7 Å². The Kier molecular flexibility index (Phi) is 11.6. The third-order valence-corrected chi connectivity index (χ3v) is 8.04. The number of nitrogens with one attached hydrogen (secondary N) is 1. The van der Waals surface area contributed by atoms with Crippen molar-refractivity contribution in [1.29, 1.82) is 0 Å². The van der Waals surface area contributed by atoms with Crippen molar-refractivity contribution in [2.75, 3.05) is 18.5 Å². The molecular formula is C31H37ClFN5O2S. The second-order valence-corrected chi connectivity index (χ2v) is 11.2. The van der Waals surface area contributed by atoms with Gasteiger partial charge in [-0.25, -0.2) is 9.37 Å². The van der Waals surface area contributed by atoms with E-state index in [4.69, 9.17) is 11.6 Å². The lowest BCUT2D eigenvalue weighted by Gasteiger charge is -2.19. The number of benzene rings is 1. The van der Waals surface area contributed by atoms with Crippen LogP contribution in [0.25, 0.3) is 11.4 Å². The van der Waals surface area contributed by atoms with Crippen molar-refractivity contribution in [3.63, 3.8) is 0 Å². The maximum atomic E-state index is 14.1. The van der Waals surface area contributed by atoms with Crippen LogP contribution in [0.15, 0.2) is 72.2 Å². The van der Waals surface area contributed by atoms with E-state index in [1.165, 1.54) is 16.0 Å². The second kappa shape index (κ2) is 14.9. The highest BCUT2D eigenvalue weighted by molar-refractivity contribution is 7.12. The molecule has 41 heavy (non-hydrogen) atoms. The zero-order chi connectivity index (χ0) is 30.1. The van der Waals surface area contributed by atoms with Crippen LogP contribution < -0.4 is 10.2 Å². The van der Waals surface area contributed by atoms with Crippen molar-refractivity contribution >= 4 is 41.1 Å². The number of aromatic nitrogens is 2. The van der Waals surface area contributed by atoms with Crippen molar-refractivity contribution in [3.05, 3.63) is 93.1 Å². The lowest BCUT2D eigenvalue weighted by Crippen LogP contribution is -2.28. The fourth-order valence-corrected chi connectivity index (χ4v) is 5.92. The topological polar surface area (TPSA) is 70.5 Å². The minimum atomic E-state index is -0.441. The molecule has 0 bridgehead atoms. The minimum Gasteiger partial charge on any atom is -0.359 e. The van der Waals surface area contributed by atoms with Crippen LogP contribution in [0.4, 0.5) is 10.2 Å². The molecule has 0 spiro atoms. The van der Waals surface area contributed by atoms with Gasteiger partial charge in [0.25, 0.3) is 0 Å². The summed E-state index contributed by atoms with van der Waals surface area (Å²) in [5.41, 5.74) is 3.96. The van der Waals surface area contributed by atoms with Crippen LogP contribution in [0.5, 0.6) is 0 Å². The molecule has 0 unspecified atom stereocenters. The van der Waals surface area contributed by atoms with Crippen molar-refractivity contribution in [1.82, 2.24) is 19.8 Å². The number of amides is 2. The fourth-order valence-electron chi connectivity index (χ4n) is 4.69. The summed E-state index contributed by atoms with van der Waals surface area (Å²) < 4.78 is 16.1. The first-order valence-electron chi connectivity index (χ1n) is 13.4. The van der Waals surface area contributed by atoms with Crippen LogP contribution in [0.1, 0.15) is 41.1 Å². The van der Waals surface area contributed by atoms with E-state index < -0.39 is 5.83 Å². The van der Waals surface area contributed by atoms with E-state index in [0.29, 0.717) is 24.9 Å². The smallest absolute Gasteiger partial charge is 0.228 e. The Morgan fingerprint density at radius 3 is 2.61 bits per heavy atom. The monoisotopic (exact) mass is 597 g/mol. The SMILES string of the molecule is C=C/C(F)=C(/Cc1ccc(CN2Cc3ccc(-c4ncc(N(C)CCC(=O)NC=O)n4C)cc3C2)s1)C(=C)Cl.CC. The zero-order valence-electron chi connectivity index (χ0n) is 24.0. The van der Waals surface area contributed by atoms with Crippen molar-refractivity contribution in [3.8, 4) is 11.4 Å². The summed E-state index contributed by atoms with van der Waals surface area (Å²) in [6.45, 7) is 14.1. The van der Waals surface area contributed by atoms with E-state index in [9.17, 15) is 14.0 Å². The minimum absolute atomic E-state index is 0.196. The molecule has 2 amide bonds. The number of carbonyl (C=O) groups is 2. The normalized spacial score (nSPS) is 13.0. The predicted molar refractivity (Wildman–Crippen MR) is 166 cm³/mol. The Hall–Kier alpha value is -3.53. The van der Waals surface area contributed by atoms with Gasteiger partial charge in [-0.1, -0.05) is 50.7 Å². The Morgan fingerprint density at radius 2 is 1.93 bits per heavy atom. The molecule has 3 heterocycles. The van der Waals surface area contributed by atoms with Crippen molar-refractivity contribution in [2.24, 2.45) is 7.05 Å². The third kappa shape index (κ3) is 8.03. The highest BCUT2D eigenvalue weighted by Gasteiger charge is 2.22. The van der Waals surface area contributed by atoms with Gasteiger partial charge in [-0.05, 0) is 35.4 Å². The molecular weight excluding hydrogens is 561 g/mol. The standard InChI is InChI=1S/C29H31ClFN5O2S.C2H6/c1-5-26(31)25(19(2)30)13-23-8-9-24(39-23)17-36-15-21-7-6-20(12-22(21)16-36)29-32-14-28(35(29)4)34(3)11-10-27(38)33-18-37;1-2/h5-9,12,14,18H,1-2,10-11,13,15-17H2,3-4H3,(H,33,37,38);1-2H3/b26-25+;. The first-order valence-corrected chi connectivity index (χ1v) is 14.6. The van der Waals surface area contributed by atoms with Gasteiger partial charge < -0.3 is 9.47 Å². The summed E-state index contributed by atoms with van der Waals surface area (Å²) in [4.78, 5) is 33.3. The Labute approximate surface area is 250 Å². The van der Waals surface area contributed by atoms with Gasteiger partial charge in [0.2, 0.25) is 12.3 Å². The summed E-state index contributed by atoms with van der Waals surface area (Å²) >= 11 is 7.66. The van der Waals surface area contributed by atoms with Gasteiger partial charge in [0.1, 0.15) is 17.5 Å². The molecule has 1 N–H and O–H groups in total. The molecule has 10 heteroatoms. The number of halogens is 2. The number of anilines is 1. The first-order chi connectivity index (χ1) is 19.7. The molecule has 0 atom stereocenters. The molecule has 1 aliphatic rings. The number of nitrogens with zero attached hydrogens (tertiary/aromatic N) is 4. The van der Waals surface area contributed by atoms with E-state index in [2.05, 4.69) is 52.6 Å². The summed E-state index contributed by atoms with van der Waals surface area (Å²) in [6, 6.07) is 10.6. The summed E-state index contributed by atoms with van der Waals surface area (Å²) in [6.07, 6.45) is 3.96. The van der Waals surface area contributed by atoms with Crippen molar-refractivity contribution < 1.29 is 14.0 Å². The summed E-state index contributed by atoms with van der Waals surface area (Å²) in [5, 5.41) is 2.36. The number of fused-ring (bicyclic) bond motifs is 1. The van der Waals surface area contributed by atoms with Crippen LogP contribution in [0.2, 0.25) is 0 Å². The van der Waals surface area contributed by atoms with Crippen molar-refractivity contribution in [2.45, 2.75) is 46.3 Å². The molecule has 3 aromatic rings. The van der Waals surface area contributed by atoms with E-state index in [0.717, 1.165) is 47.8 Å². The van der Waals surface area contributed by atoms with Gasteiger partial charge in [0.05, 0.1) is 6.20 Å². The molecule has 2 aromatic heterocycles. The van der Waals surface area contributed by atoms with Gasteiger partial charge in [-0.3, -0.25) is 19.8 Å². The maximum absolute atomic E-state index is 14.1. The van der Waals surface area contributed by atoms with Gasteiger partial charge in [0, 0.05) is 79.0 Å². The van der Waals surface area contributed by atoms with E-state index >= 15 is 0 Å². The van der Waals surface area contributed by atoms with Crippen LogP contribution >= 0.6 is 22.9 Å². The molecule has 0 saturated heterocycles. The van der Waals surface area contributed by atoms with Crippen LogP contribution in [-0.4, -0.2) is 40.4 Å². The summed E-state index contributed by atoms with van der Waals surface area (Å²) in [5.74, 6) is 0.966. The average molecular weight is 598 g/mol. The molecule has 4 rings (SSSR count). The van der Waals surface area contributed by atoms with Gasteiger partial charge >= 0.3 is 0 Å². The molecule has 1 aliphatic heterocycles. The molecule has 0 fully saturated rings. The fraction of sp³-hybridized carbons (Fsp3) is 0.323. The van der Waals surface area contributed by atoms with Gasteiger partial charge in [0.15, 0.2) is 0 Å². The Balaban J connectivity index is 0.00000226. The number of rotatable bonds is 12. The maximum Gasteiger partial charge on any atom is 0.228 e. The number of allylic oxidation sites excluding steroid dienone is 4. The highest BCUT2D eigenvalue weighted by atomic mass is 35.5. The molecule has 0 saturated carbocycles. The Morgan fingerprint density at radius 1 is 1.22 bits per heavy atom. The van der Waals surface area contributed by atoms with Crippen LogP contribution in [0, 0.1) is 0 Å². The lowest BCUT2D eigenvalue weighted by atomic mass is 10.1. The molecule has 0 aliphatic carbocycles. The lowest BCUT2D eigenvalue weighted by molar-refractivity contribution is -0.125. The number of hydrogen-bond donors (Lipinski definition) is 1. The van der Waals surface area contributed by atoms with Crippen LogP contribution in [0.3, 0.4) is 0 Å². The number of hydrogen-bond acceptors (Lipinski definition) is 6. The second-order valence-electron chi connectivity index (χ2n) is 9.46. The van der Waals surface area contributed by atoms with E-state index in [1.807, 2.05) is 43.5 Å². The highest BCUT2D eigenvalue weighted by Crippen LogP contribution is 2.32. The van der Waals surface area contributed by atoms with E-state index in [-0.39, 0.29) is 17.4 Å². The number of thiophene rings is 1. The number of imidazole rings is 1. The first kappa shape index (κ1) is 32.0. The van der Waals surface area contributed by atoms with Gasteiger partial charge in [-0.2, -0.15) is 0 Å².